The van der Waals surface area contributed by atoms with Gasteiger partial charge in [-0.1, -0.05) is 53.9 Å². The Bertz CT molecular complexity index is 1090. The molecule has 238 valence electrons. The maximum Gasteiger partial charge on any atom is 0.424 e. The van der Waals surface area contributed by atoms with Crippen LogP contribution in [0, 0.1) is 52.3 Å². The van der Waals surface area contributed by atoms with E-state index < -0.39 is 23.7 Å². The highest BCUT2D eigenvalue weighted by molar-refractivity contribution is 5.55. The average Bonchev–Trinajstić information content (AvgIpc) is 3.25. The van der Waals surface area contributed by atoms with E-state index in [-0.39, 0.29) is 22.7 Å². The van der Waals surface area contributed by atoms with E-state index in [0.717, 1.165) is 55.1 Å². The summed E-state index contributed by atoms with van der Waals surface area (Å²) in [7, 11) is 0. The molecule has 9 atom stereocenters. The molecule has 4 N–H and O–H groups in total. The molecule has 3 nitrogen and oxygen atoms in total. The summed E-state index contributed by atoms with van der Waals surface area (Å²) in [6, 6.07) is 2.97. The maximum absolute atomic E-state index is 15.1. The zero-order valence-electron chi connectivity index (χ0n) is 26.4. The van der Waals surface area contributed by atoms with Gasteiger partial charge in [0.05, 0.1) is 6.10 Å². The predicted octanol–water partition coefficient (Wildman–Crippen LogP) is 10.0. The van der Waals surface area contributed by atoms with Gasteiger partial charge in [0.25, 0.3) is 0 Å². The molecule has 0 aliphatic heterocycles. The number of nitrogens with two attached hydrogens (primary N) is 2. The smallest absolute Gasteiger partial charge is 0.399 e. The van der Waals surface area contributed by atoms with Crippen LogP contribution in [0.1, 0.15) is 117 Å². The van der Waals surface area contributed by atoms with Crippen molar-refractivity contribution in [3.8, 4) is 0 Å². The fourth-order valence-electron chi connectivity index (χ4n) is 10.7. The highest BCUT2D eigenvalue weighted by Gasteiger charge is 2.63. The Kier molecular flexibility index (Phi) is 8.70. The minimum atomic E-state index is -4.65. The largest absolute Gasteiger partial charge is 0.424 e. The molecule has 0 bridgehead atoms. The van der Waals surface area contributed by atoms with Crippen LogP contribution in [0.25, 0.3) is 0 Å². The molecule has 4 aliphatic carbocycles. The third kappa shape index (κ3) is 5.58. The third-order valence-electron chi connectivity index (χ3n) is 12.8. The number of fused-ring (bicyclic) bond motifs is 5. The summed E-state index contributed by atoms with van der Waals surface area (Å²) < 4.78 is 65.3. The van der Waals surface area contributed by atoms with Crippen LogP contribution in [0.15, 0.2) is 18.2 Å². The van der Waals surface area contributed by atoms with Crippen molar-refractivity contribution in [3.63, 3.8) is 0 Å². The first-order valence-corrected chi connectivity index (χ1v) is 16.7. The average molecular weight is 595 g/mol. The summed E-state index contributed by atoms with van der Waals surface area (Å²) in [6.45, 7) is 12.1. The van der Waals surface area contributed by atoms with Crippen LogP contribution in [-0.2, 0) is 10.7 Å². The highest BCUT2D eigenvalue weighted by Crippen LogP contribution is 2.68. The Hall–Kier alpha value is -1.50. The van der Waals surface area contributed by atoms with Crippen molar-refractivity contribution in [1.29, 1.82) is 0 Å². The van der Waals surface area contributed by atoms with E-state index in [9.17, 15) is 0 Å². The van der Waals surface area contributed by atoms with E-state index >= 15 is 17.6 Å². The molecule has 1 aromatic carbocycles. The summed E-state index contributed by atoms with van der Waals surface area (Å²) in [5.41, 5.74) is 10.6. The molecule has 4 saturated carbocycles. The van der Waals surface area contributed by atoms with Crippen molar-refractivity contribution in [2.45, 2.75) is 130 Å². The van der Waals surface area contributed by atoms with Gasteiger partial charge < -0.3 is 16.2 Å². The van der Waals surface area contributed by atoms with Crippen LogP contribution >= 0.6 is 0 Å². The first kappa shape index (κ1) is 31.9. The van der Waals surface area contributed by atoms with Crippen LogP contribution in [0.4, 0.5) is 28.9 Å². The number of rotatable bonds is 9. The molecule has 0 aromatic heterocycles. The lowest BCUT2D eigenvalue weighted by Gasteiger charge is -2.61. The fraction of sp³-hybridized carbons (Fsp3) is 0.829. The maximum atomic E-state index is 15.1. The van der Waals surface area contributed by atoms with E-state index in [1.807, 2.05) is 0 Å². The molecule has 1 aromatic rings. The number of ether oxygens (including phenoxy) is 1. The first-order chi connectivity index (χ1) is 19.6. The third-order valence-corrected chi connectivity index (χ3v) is 12.8. The van der Waals surface area contributed by atoms with Gasteiger partial charge in [-0.2, -0.15) is 17.6 Å². The zero-order chi connectivity index (χ0) is 30.7. The number of hydrogen-bond donors (Lipinski definition) is 2. The monoisotopic (exact) mass is 594 g/mol. The minimum Gasteiger partial charge on any atom is -0.399 e. The summed E-state index contributed by atoms with van der Waals surface area (Å²) in [4.78, 5) is 0. The SMILES string of the molecule is CC(C)CCC[C@@H](C)[C@H]1CCC2C3CCC4CC(OC(F)(F)C(F)(F)c5cc(N)cc(N)c5)CC[C@]4(C)C3CC[C@@]21C. The van der Waals surface area contributed by atoms with E-state index in [4.69, 9.17) is 16.2 Å². The van der Waals surface area contributed by atoms with E-state index in [1.165, 1.54) is 51.0 Å². The molecule has 5 unspecified atom stereocenters. The molecule has 42 heavy (non-hydrogen) atoms. The number of alkyl halides is 4. The first-order valence-electron chi connectivity index (χ1n) is 16.7. The second kappa shape index (κ2) is 11.5. The summed E-state index contributed by atoms with van der Waals surface area (Å²) >= 11 is 0. The lowest BCUT2D eigenvalue weighted by molar-refractivity contribution is -0.373. The number of benzene rings is 1. The van der Waals surface area contributed by atoms with Gasteiger partial charge in [0, 0.05) is 16.9 Å². The molecule has 0 radical (unpaired) electrons. The van der Waals surface area contributed by atoms with Gasteiger partial charge in [-0.25, -0.2) is 0 Å². The number of nitrogen functional groups attached to an aromatic ring is 2. The molecule has 0 saturated heterocycles. The highest BCUT2D eigenvalue weighted by atomic mass is 19.3. The molecule has 5 rings (SSSR count). The van der Waals surface area contributed by atoms with Crippen molar-refractivity contribution in [1.82, 2.24) is 0 Å². The standard InChI is InChI=1S/C35H54F4N2O/c1-21(2)7-6-8-22(3)29-11-12-30-28-10-9-23-19-27(13-15-32(23,4)31(28)14-16-33(29,30)5)42-35(38,39)34(36,37)24-17-25(40)20-26(41)18-24/h17-18,20-23,27-31H,6-16,19,40-41H2,1-5H3/t22-,23?,27?,28?,29-,30?,31?,32+,33-/m1/s1. The lowest BCUT2D eigenvalue weighted by Crippen LogP contribution is -2.55. The second-order valence-electron chi connectivity index (χ2n) is 15.7. The number of halogens is 4. The van der Waals surface area contributed by atoms with Crippen molar-refractivity contribution in [2.24, 2.45) is 52.3 Å². The van der Waals surface area contributed by atoms with Gasteiger partial charge in [-0.05, 0) is 128 Å². The molecule has 0 heterocycles. The van der Waals surface area contributed by atoms with Crippen LogP contribution in [0.2, 0.25) is 0 Å². The van der Waals surface area contributed by atoms with Crippen LogP contribution < -0.4 is 11.5 Å². The Morgan fingerprint density at radius 3 is 2.14 bits per heavy atom. The quantitative estimate of drug-likeness (QED) is 0.221. The molecule has 0 amide bonds. The molecule has 4 aliphatic rings. The van der Waals surface area contributed by atoms with Crippen LogP contribution in [0.5, 0.6) is 0 Å². The van der Waals surface area contributed by atoms with Gasteiger partial charge in [0.15, 0.2) is 0 Å². The van der Waals surface area contributed by atoms with E-state index in [0.29, 0.717) is 30.1 Å². The topological polar surface area (TPSA) is 61.3 Å². The Morgan fingerprint density at radius 1 is 0.833 bits per heavy atom. The minimum absolute atomic E-state index is 0.0607. The fourth-order valence-corrected chi connectivity index (χ4v) is 10.7. The summed E-state index contributed by atoms with van der Waals surface area (Å²) in [5, 5.41) is 0. The van der Waals surface area contributed by atoms with Crippen LogP contribution in [0.3, 0.4) is 0 Å². The molecular formula is C35H54F4N2O. The number of anilines is 2. The van der Waals surface area contributed by atoms with Gasteiger partial charge in [-0.3, -0.25) is 0 Å². The van der Waals surface area contributed by atoms with E-state index in [1.54, 1.807) is 0 Å². The molecule has 7 heteroatoms. The second-order valence-corrected chi connectivity index (χ2v) is 15.7. The Labute approximate surface area is 250 Å². The number of hydrogen-bond acceptors (Lipinski definition) is 3. The van der Waals surface area contributed by atoms with E-state index in [2.05, 4.69) is 34.6 Å². The molecule has 4 fully saturated rings. The normalized spacial score (nSPS) is 37.7. The zero-order valence-corrected chi connectivity index (χ0v) is 26.4. The summed E-state index contributed by atoms with van der Waals surface area (Å²) in [6.07, 6.45) is 7.21. The van der Waals surface area contributed by atoms with Crippen molar-refractivity contribution in [3.05, 3.63) is 23.8 Å². The lowest BCUT2D eigenvalue weighted by atomic mass is 9.44. The van der Waals surface area contributed by atoms with Crippen molar-refractivity contribution < 1.29 is 22.3 Å². The van der Waals surface area contributed by atoms with Crippen molar-refractivity contribution >= 4 is 11.4 Å². The van der Waals surface area contributed by atoms with Crippen LogP contribution in [-0.4, -0.2) is 12.2 Å². The van der Waals surface area contributed by atoms with Gasteiger partial charge >= 0.3 is 12.0 Å². The summed E-state index contributed by atoms with van der Waals surface area (Å²) in [5.74, 6) is 0.0331. The molecular weight excluding hydrogens is 540 g/mol. The van der Waals surface area contributed by atoms with Gasteiger partial charge in [0.2, 0.25) is 0 Å². The van der Waals surface area contributed by atoms with Gasteiger partial charge in [-0.15, -0.1) is 0 Å². The Morgan fingerprint density at radius 2 is 1.48 bits per heavy atom. The predicted molar refractivity (Wildman–Crippen MR) is 162 cm³/mol. The molecule has 0 spiro atoms. The van der Waals surface area contributed by atoms with Crippen molar-refractivity contribution in [2.75, 3.05) is 11.5 Å². The van der Waals surface area contributed by atoms with Gasteiger partial charge in [0.1, 0.15) is 0 Å². The Balaban J connectivity index is 1.24.